The standard InChI is InChI=1S/C19H21F2NO3/c1-13(14-8-9-15(20)16(21)12-14)22(2)19(23)10-11-25-18-7-5-4-6-17(18)24-3/h4-9,12-13H,10-11H2,1-3H3. The predicted molar refractivity (Wildman–Crippen MR) is 90.6 cm³/mol. The molecule has 6 heteroatoms. The Labute approximate surface area is 146 Å². The van der Waals surface area contributed by atoms with Gasteiger partial charge in [0.15, 0.2) is 23.1 Å². The molecule has 2 rings (SSSR count). The second-order valence-corrected chi connectivity index (χ2v) is 5.60. The van der Waals surface area contributed by atoms with Crippen LogP contribution >= 0.6 is 0 Å². The highest BCUT2D eigenvalue weighted by Gasteiger charge is 2.18. The van der Waals surface area contributed by atoms with Crippen molar-refractivity contribution in [2.24, 2.45) is 0 Å². The maximum absolute atomic E-state index is 13.4. The Kier molecular flexibility index (Phi) is 6.33. The Morgan fingerprint density at radius 2 is 1.80 bits per heavy atom. The number of rotatable bonds is 7. The summed E-state index contributed by atoms with van der Waals surface area (Å²) in [5.41, 5.74) is 0.528. The highest BCUT2D eigenvalue weighted by atomic mass is 19.2. The fourth-order valence-electron chi connectivity index (χ4n) is 2.37. The topological polar surface area (TPSA) is 38.8 Å². The molecule has 0 aromatic heterocycles. The third-order valence-corrected chi connectivity index (χ3v) is 4.04. The van der Waals surface area contributed by atoms with Crippen LogP contribution in [0, 0.1) is 11.6 Å². The van der Waals surface area contributed by atoms with Crippen molar-refractivity contribution in [1.29, 1.82) is 0 Å². The summed E-state index contributed by atoms with van der Waals surface area (Å²) in [6.45, 7) is 1.94. The Bertz CT molecular complexity index is 736. The molecule has 1 atom stereocenters. The quantitative estimate of drug-likeness (QED) is 0.759. The Balaban J connectivity index is 1.92. The molecular weight excluding hydrogens is 328 g/mol. The van der Waals surface area contributed by atoms with Crippen molar-refractivity contribution in [3.05, 3.63) is 59.7 Å². The largest absolute Gasteiger partial charge is 0.493 e. The molecule has 0 saturated heterocycles. The third-order valence-electron chi connectivity index (χ3n) is 4.04. The van der Waals surface area contributed by atoms with Crippen LogP contribution in [0.15, 0.2) is 42.5 Å². The normalized spacial score (nSPS) is 11.7. The Morgan fingerprint density at radius 1 is 1.12 bits per heavy atom. The first-order valence-corrected chi connectivity index (χ1v) is 7.90. The van der Waals surface area contributed by atoms with Gasteiger partial charge in [0, 0.05) is 7.05 Å². The van der Waals surface area contributed by atoms with Gasteiger partial charge in [-0.3, -0.25) is 4.79 Å². The number of para-hydroxylation sites is 2. The second-order valence-electron chi connectivity index (χ2n) is 5.60. The molecule has 0 N–H and O–H groups in total. The molecule has 4 nitrogen and oxygen atoms in total. The van der Waals surface area contributed by atoms with Crippen LogP contribution in [0.3, 0.4) is 0 Å². The van der Waals surface area contributed by atoms with Gasteiger partial charge in [0.1, 0.15) is 0 Å². The Hall–Kier alpha value is -2.63. The van der Waals surface area contributed by atoms with E-state index in [0.29, 0.717) is 17.1 Å². The van der Waals surface area contributed by atoms with Crippen molar-refractivity contribution >= 4 is 5.91 Å². The van der Waals surface area contributed by atoms with E-state index in [2.05, 4.69) is 0 Å². The first-order valence-electron chi connectivity index (χ1n) is 7.90. The Morgan fingerprint density at radius 3 is 2.44 bits per heavy atom. The van der Waals surface area contributed by atoms with E-state index in [9.17, 15) is 13.6 Å². The zero-order valence-corrected chi connectivity index (χ0v) is 14.5. The van der Waals surface area contributed by atoms with Gasteiger partial charge < -0.3 is 14.4 Å². The van der Waals surface area contributed by atoms with E-state index < -0.39 is 11.6 Å². The van der Waals surface area contributed by atoms with Crippen molar-refractivity contribution in [2.75, 3.05) is 20.8 Å². The van der Waals surface area contributed by atoms with E-state index in [-0.39, 0.29) is 25.0 Å². The smallest absolute Gasteiger partial charge is 0.226 e. The van der Waals surface area contributed by atoms with Crippen LogP contribution in [0.2, 0.25) is 0 Å². The molecule has 0 fully saturated rings. The minimum atomic E-state index is -0.926. The van der Waals surface area contributed by atoms with Crippen LogP contribution in [0.1, 0.15) is 24.9 Å². The first-order chi connectivity index (χ1) is 11.9. The molecule has 1 amide bonds. The fourth-order valence-corrected chi connectivity index (χ4v) is 2.37. The molecule has 0 radical (unpaired) electrons. The molecule has 0 bridgehead atoms. The number of methoxy groups -OCH3 is 1. The summed E-state index contributed by atoms with van der Waals surface area (Å²) in [7, 11) is 3.17. The molecule has 0 saturated carbocycles. The van der Waals surface area contributed by atoms with E-state index in [1.807, 2.05) is 12.1 Å². The molecule has 0 aliphatic heterocycles. The maximum Gasteiger partial charge on any atom is 0.226 e. The van der Waals surface area contributed by atoms with Crippen molar-refractivity contribution < 1.29 is 23.0 Å². The lowest BCUT2D eigenvalue weighted by Crippen LogP contribution is -2.30. The predicted octanol–water partition coefficient (Wildman–Crippen LogP) is 3.96. The molecule has 2 aromatic rings. The SMILES string of the molecule is COc1ccccc1OCCC(=O)N(C)C(C)c1ccc(F)c(F)c1. The van der Waals surface area contributed by atoms with Crippen LogP contribution in [-0.4, -0.2) is 31.6 Å². The molecule has 0 spiro atoms. The summed E-state index contributed by atoms with van der Waals surface area (Å²) in [5.74, 6) is -0.834. The third kappa shape index (κ3) is 4.68. The van der Waals surface area contributed by atoms with Crippen LogP contribution in [0.4, 0.5) is 8.78 Å². The molecule has 2 aromatic carbocycles. The van der Waals surface area contributed by atoms with E-state index in [0.717, 1.165) is 12.1 Å². The van der Waals surface area contributed by atoms with Gasteiger partial charge in [-0.2, -0.15) is 0 Å². The fraction of sp³-hybridized carbons (Fsp3) is 0.316. The summed E-state index contributed by atoms with van der Waals surface area (Å²) < 4.78 is 37.2. The number of hydrogen-bond acceptors (Lipinski definition) is 3. The number of ether oxygens (including phenoxy) is 2. The number of halogens is 2. The highest BCUT2D eigenvalue weighted by molar-refractivity contribution is 5.76. The molecule has 0 heterocycles. The van der Waals surface area contributed by atoms with E-state index >= 15 is 0 Å². The monoisotopic (exact) mass is 349 g/mol. The minimum Gasteiger partial charge on any atom is -0.493 e. The first kappa shape index (κ1) is 18.7. The lowest BCUT2D eigenvalue weighted by atomic mass is 10.1. The van der Waals surface area contributed by atoms with E-state index in [1.165, 1.54) is 11.0 Å². The zero-order valence-electron chi connectivity index (χ0n) is 14.5. The van der Waals surface area contributed by atoms with Crippen LogP contribution in [0.5, 0.6) is 11.5 Å². The molecular formula is C19H21F2NO3. The van der Waals surface area contributed by atoms with Crippen LogP contribution in [-0.2, 0) is 4.79 Å². The number of amides is 1. The average molecular weight is 349 g/mol. The summed E-state index contributed by atoms with van der Waals surface area (Å²) in [4.78, 5) is 13.8. The average Bonchev–Trinajstić information content (AvgIpc) is 2.63. The number of carbonyl (C=O) groups is 1. The molecule has 25 heavy (non-hydrogen) atoms. The summed E-state index contributed by atoms with van der Waals surface area (Å²) in [5, 5.41) is 0. The van der Waals surface area contributed by atoms with Gasteiger partial charge in [-0.15, -0.1) is 0 Å². The zero-order chi connectivity index (χ0) is 18.4. The molecule has 1 unspecified atom stereocenters. The van der Waals surface area contributed by atoms with Crippen LogP contribution in [0.25, 0.3) is 0 Å². The number of nitrogens with zero attached hydrogens (tertiary/aromatic N) is 1. The lowest BCUT2D eigenvalue weighted by Gasteiger charge is -2.25. The minimum absolute atomic E-state index is 0.155. The van der Waals surface area contributed by atoms with Gasteiger partial charge >= 0.3 is 0 Å². The maximum atomic E-state index is 13.4. The van der Waals surface area contributed by atoms with Gasteiger partial charge in [-0.05, 0) is 36.8 Å². The van der Waals surface area contributed by atoms with Crippen molar-refractivity contribution in [2.45, 2.75) is 19.4 Å². The van der Waals surface area contributed by atoms with Gasteiger partial charge in [0.05, 0.1) is 26.2 Å². The summed E-state index contributed by atoms with van der Waals surface area (Å²) in [6.07, 6.45) is 0.155. The molecule has 0 aliphatic carbocycles. The van der Waals surface area contributed by atoms with Gasteiger partial charge in [-0.25, -0.2) is 8.78 Å². The number of hydrogen-bond donors (Lipinski definition) is 0. The van der Waals surface area contributed by atoms with Crippen molar-refractivity contribution in [3.8, 4) is 11.5 Å². The number of carbonyl (C=O) groups excluding carboxylic acids is 1. The molecule has 134 valence electrons. The summed E-state index contributed by atoms with van der Waals surface area (Å²) >= 11 is 0. The van der Waals surface area contributed by atoms with Crippen LogP contribution < -0.4 is 9.47 Å². The van der Waals surface area contributed by atoms with E-state index in [4.69, 9.17) is 9.47 Å². The highest BCUT2D eigenvalue weighted by Crippen LogP contribution is 2.26. The van der Waals surface area contributed by atoms with Gasteiger partial charge in [0.25, 0.3) is 0 Å². The van der Waals surface area contributed by atoms with Gasteiger partial charge in [0.2, 0.25) is 5.91 Å². The second kappa shape index (κ2) is 8.46. The number of benzene rings is 2. The van der Waals surface area contributed by atoms with Crippen molar-refractivity contribution in [1.82, 2.24) is 4.90 Å². The van der Waals surface area contributed by atoms with Gasteiger partial charge in [-0.1, -0.05) is 18.2 Å². The van der Waals surface area contributed by atoms with E-state index in [1.54, 1.807) is 33.2 Å². The lowest BCUT2D eigenvalue weighted by molar-refractivity contribution is -0.132. The summed E-state index contributed by atoms with van der Waals surface area (Å²) in [6, 6.07) is 10.4. The molecule has 0 aliphatic rings. The van der Waals surface area contributed by atoms with Crippen molar-refractivity contribution in [3.63, 3.8) is 0 Å².